The lowest BCUT2D eigenvalue weighted by atomic mass is 10.2. The minimum atomic E-state index is -3.52. The van der Waals surface area contributed by atoms with Crippen molar-refractivity contribution in [3.05, 3.63) is 30.1 Å². The fourth-order valence-electron chi connectivity index (χ4n) is 1.50. The molecule has 0 radical (unpaired) electrons. The molecule has 1 aromatic rings. The fraction of sp³-hybridized carbons (Fsp3) is 0.417. The average molecular weight is 315 g/mol. The van der Waals surface area contributed by atoms with Gasteiger partial charge in [0, 0.05) is 12.1 Å². The summed E-state index contributed by atoms with van der Waals surface area (Å²) in [4.78, 5) is 25.3. The molecule has 1 heterocycles. The van der Waals surface area contributed by atoms with E-state index in [1.54, 1.807) is 12.3 Å². The molecule has 116 valence electrons. The molecule has 1 rings (SSSR count). The molecule has 0 aliphatic heterocycles. The first-order valence-electron chi connectivity index (χ1n) is 6.23. The SMILES string of the molecule is CC(C)NC(=O)C[n+]1cccc(C(=O)NNS(C)(=O)=O)c1. The Kier molecular flexibility index (Phi) is 5.79. The summed E-state index contributed by atoms with van der Waals surface area (Å²) in [7, 11) is -3.52. The van der Waals surface area contributed by atoms with Crippen molar-refractivity contribution in [3.63, 3.8) is 0 Å². The Morgan fingerprint density at radius 1 is 1.33 bits per heavy atom. The van der Waals surface area contributed by atoms with Gasteiger partial charge >= 0.3 is 0 Å². The maximum absolute atomic E-state index is 11.8. The van der Waals surface area contributed by atoms with Crippen molar-refractivity contribution in [1.82, 2.24) is 15.6 Å². The van der Waals surface area contributed by atoms with Crippen molar-refractivity contribution in [2.24, 2.45) is 0 Å². The Labute approximate surface area is 123 Å². The van der Waals surface area contributed by atoms with Gasteiger partial charge in [-0.2, -0.15) is 4.57 Å². The van der Waals surface area contributed by atoms with Crippen LogP contribution in [-0.4, -0.2) is 32.5 Å². The molecule has 0 saturated heterocycles. The van der Waals surface area contributed by atoms with Crippen molar-refractivity contribution < 1.29 is 22.6 Å². The quantitative estimate of drug-likeness (QED) is 0.447. The van der Waals surface area contributed by atoms with E-state index in [1.165, 1.54) is 16.8 Å². The van der Waals surface area contributed by atoms with E-state index in [-0.39, 0.29) is 24.1 Å². The maximum atomic E-state index is 11.8. The summed E-state index contributed by atoms with van der Waals surface area (Å²) in [6.07, 6.45) is 4.02. The van der Waals surface area contributed by atoms with E-state index in [9.17, 15) is 18.0 Å². The Balaban J connectivity index is 2.72. The Morgan fingerprint density at radius 3 is 2.57 bits per heavy atom. The number of hydrogen-bond donors (Lipinski definition) is 3. The number of sulfonamides is 1. The highest BCUT2D eigenvalue weighted by molar-refractivity contribution is 7.88. The third kappa shape index (κ3) is 6.82. The molecular formula is C12H19N4O4S+. The zero-order valence-electron chi connectivity index (χ0n) is 12.1. The van der Waals surface area contributed by atoms with Gasteiger partial charge in [0.25, 0.3) is 11.8 Å². The summed E-state index contributed by atoms with van der Waals surface area (Å²) >= 11 is 0. The number of carbonyl (C=O) groups is 2. The molecular weight excluding hydrogens is 296 g/mol. The van der Waals surface area contributed by atoms with Crippen molar-refractivity contribution in [3.8, 4) is 0 Å². The summed E-state index contributed by atoms with van der Waals surface area (Å²) in [6.45, 7) is 3.77. The normalized spacial score (nSPS) is 11.2. The highest BCUT2D eigenvalue weighted by atomic mass is 32.2. The monoisotopic (exact) mass is 315 g/mol. The van der Waals surface area contributed by atoms with Gasteiger partial charge < -0.3 is 5.32 Å². The predicted molar refractivity (Wildman–Crippen MR) is 75.4 cm³/mol. The third-order valence-electron chi connectivity index (χ3n) is 2.25. The third-order valence-corrected chi connectivity index (χ3v) is 2.72. The topological polar surface area (TPSA) is 108 Å². The molecule has 1 aromatic heterocycles. The van der Waals surface area contributed by atoms with E-state index in [1.807, 2.05) is 18.7 Å². The van der Waals surface area contributed by atoms with Crippen molar-refractivity contribution in [2.45, 2.75) is 26.4 Å². The van der Waals surface area contributed by atoms with Gasteiger partial charge in [0.05, 0.1) is 6.26 Å². The number of pyridine rings is 1. The van der Waals surface area contributed by atoms with Gasteiger partial charge in [0.15, 0.2) is 12.4 Å². The summed E-state index contributed by atoms with van der Waals surface area (Å²) in [5.74, 6) is -0.791. The molecule has 0 aliphatic rings. The largest absolute Gasteiger partial charge is 0.348 e. The van der Waals surface area contributed by atoms with Crippen molar-refractivity contribution in [2.75, 3.05) is 6.26 Å². The Bertz CT molecular complexity index is 628. The van der Waals surface area contributed by atoms with Crippen LogP contribution in [0.2, 0.25) is 0 Å². The van der Waals surface area contributed by atoms with Gasteiger partial charge in [0.1, 0.15) is 5.56 Å². The van der Waals surface area contributed by atoms with Crippen LogP contribution in [0.25, 0.3) is 0 Å². The van der Waals surface area contributed by atoms with Crippen LogP contribution >= 0.6 is 0 Å². The van der Waals surface area contributed by atoms with Crippen LogP contribution in [0.1, 0.15) is 24.2 Å². The van der Waals surface area contributed by atoms with Crippen LogP contribution in [0, 0.1) is 0 Å². The molecule has 0 unspecified atom stereocenters. The molecule has 0 bridgehead atoms. The van der Waals surface area contributed by atoms with Gasteiger partial charge in [-0.15, -0.1) is 4.83 Å². The summed E-state index contributed by atoms with van der Waals surface area (Å²) < 4.78 is 23.3. The Morgan fingerprint density at radius 2 is 2.00 bits per heavy atom. The molecule has 8 nitrogen and oxygen atoms in total. The standard InChI is InChI=1S/C12H18N4O4S/c1-9(2)13-11(17)8-16-6-4-5-10(7-16)12(18)14-15-21(3,19)20/h4-7,9,15H,8H2,1-3H3,(H-,13,14,17,18)/p+1. The van der Waals surface area contributed by atoms with E-state index < -0.39 is 15.9 Å². The molecule has 0 atom stereocenters. The minimum absolute atomic E-state index is 0.0311. The smallest absolute Gasteiger partial charge is 0.286 e. The van der Waals surface area contributed by atoms with Gasteiger partial charge in [-0.1, -0.05) is 0 Å². The molecule has 0 spiro atoms. The second kappa shape index (κ2) is 7.14. The molecule has 0 aliphatic carbocycles. The second-order valence-electron chi connectivity index (χ2n) is 4.82. The number of nitrogens with one attached hydrogen (secondary N) is 3. The fourth-order valence-corrected chi connectivity index (χ4v) is 1.78. The summed E-state index contributed by atoms with van der Waals surface area (Å²) in [5.41, 5.74) is 2.29. The highest BCUT2D eigenvalue weighted by Crippen LogP contribution is 1.94. The molecule has 9 heteroatoms. The van der Waals surface area contributed by atoms with Gasteiger partial charge in [-0.3, -0.25) is 15.0 Å². The molecule has 0 aromatic carbocycles. The van der Waals surface area contributed by atoms with Crippen molar-refractivity contribution in [1.29, 1.82) is 0 Å². The number of carbonyl (C=O) groups excluding carboxylic acids is 2. The minimum Gasteiger partial charge on any atom is -0.348 e. The highest BCUT2D eigenvalue weighted by Gasteiger charge is 2.14. The van der Waals surface area contributed by atoms with Crippen molar-refractivity contribution >= 4 is 21.8 Å². The van der Waals surface area contributed by atoms with Crippen LogP contribution in [0.5, 0.6) is 0 Å². The second-order valence-corrected chi connectivity index (χ2v) is 6.56. The van der Waals surface area contributed by atoms with Gasteiger partial charge in [-0.05, 0) is 19.9 Å². The molecule has 3 N–H and O–H groups in total. The van der Waals surface area contributed by atoms with E-state index >= 15 is 0 Å². The average Bonchev–Trinajstić information content (AvgIpc) is 2.34. The van der Waals surface area contributed by atoms with Gasteiger partial charge in [-0.25, -0.2) is 8.42 Å². The van der Waals surface area contributed by atoms with Crippen LogP contribution in [0.4, 0.5) is 0 Å². The lowest BCUT2D eigenvalue weighted by Crippen LogP contribution is -2.46. The first-order chi connectivity index (χ1) is 9.67. The number of rotatable bonds is 6. The summed E-state index contributed by atoms with van der Waals surface area (Å²) in [6, 6.07) is 3.14. The van der Waals surface area contributed by atoms with E-state index in [0.29, 0.717) is 0 Å². The molecule has 0 saturated carbocycles. The van der Waals surface area contributed by atoms with Gasteiger partial charge in [0.2, 0.25) is 16.6 Å². The molecule has 21 heavy (non-hydrogen) atoms. The Hall–Kier alpha value is -2.00. The van der Waals surface area contributed by atoms with Crippen LogP contribution < -0.4 is 20.1 Å². The number of aromatic nitrogens is 1. The predicted octanol–water partition coefficient (Wildman–Crippen LogP) is -1.31. The van der Waals surface area contributed by atoms with Crippen LogP contribution in [0.3, 0.4) is 0 Å². The molecule has 2 amide bonds. The first-order valence-corrected chi connectivity index (χ1v) is 8.12. The van der Waals surface area contributed by atoms with E-state index in [2.05, 4.69) is 10.7 Å². The number of hydrazine groups is 1. The number of amides is 2. The van der Waals surface area contributed by atoms with Crippen LogP contribution in [-0.2, 0) is 21.4 Å². The van der Waals surface area contributed by atoms with E-state index in [4.69, 9.17) is 0 Å². The zero-order chi connectivity index (χ0) is 16.0. The summed E-state index contributed by atoms with van der Waals surface area (Å²) in [5, 5.41) is 2.73. The number of nitrogens with zero attached hydrogens (tertiary/aromatic N) is 1. The number of hydrogen-bond acceptors (Lipinski definition) is 4. The zero-order valence-corrected chi connectivity index (χ0v) is 12.9. The molecule has 0 fully saturated rings. The first kappa shape index (κ1) is 17.1. The van der Waals surface area contributed by atoms with Crippen LogP contribution in [0.15, 0.2) is 24.5 Å². The lowest BCUT2D eigenvalue weighted by molar-refractivity contribution is -0.684. The lowest BCUT2D eigenvalue weighted by Gasteiger charge is -2.06. The maximum Gasteiger partial charge on any atom is 0.286 e. The van der Waals surface area contributed by atoms with E-state index in [0.717, 1.165) is 6.26 Å².